The number of aliphatic carboxylic acids is 1. The van der Waals surface area contributed by atoms with E-state index < -0.39 is 11.4 Å². The average Bonchev–Trinajstić information content (AvgIpc) is 2.77. The Kier molecular flexibility index (Phi) is 14.9. The molecule has 198 valence electrons. The molecule has 0 saturated heterocycles. The van der Waals surface area contributed by atoms with Crippen LogP contribution >= 0.6 is 0 Å². The van der Waals surface area contributed by atoms with E-state index in [1.807, 2.05) is 7.11 Å². The third kappa shape index (κ3) is 9.68. The van der Waals surface area contributed by atoms with Crippen molar-refractivity contribution in [3.63, 3.8) is 0 Å². The van der Waals surface area contributed by atoms with Crippen molar-refractivity contribution in [3.8, 4) is 0 Å². The fraction of sp³-hybridized carbons (Fsp3) is 0.800. The van der Waals surface area contributed by atoms with E-state index in [0.717, 1.165) is 24.7 Å². The molecule has 1 fully saturated rings. The van der Waals surface area contributed by atoms with E-state index in [-0.39, 0.29) is 6.42 Å². The van der Waals surface area contributed by atoms with Gasteiger partial charge in [-0.15, -0.1) is 13.2 Å². The van der Waals surface area contributed by atoms with Gasteiger partial charge in [0.15, 0.2) is 0 Å². The van der Waals surface area contributed by atoms with E-state index in [9.17, 15) is 9.59 Å². The van der Waals surface area contributed by atoms with Crippen molar-refractivity contribution in [3.05, 3.63) is 24.8 Å². The molecule has 0 aromatic heterocycles. The molecule has 4 nitrogen and oxygen atoms in total. The lowest BCUT2D eigenvalue weighted by Crippen LogP contribution is -2.48. The van der Waals surface area contributed by atoms with E-state index in [0.29, 0.717) is 17.3 Å². The van der Waals surface area contributed by atoms with E-state index in [2.05, 4.69) is 46.9 Å². The maximum absolute atomic E-state index is 10.2. The minimum atomic E-state index is -0.855. The van der Waals surface area contributed by atoms with E-state index in [1.165, 1.54) is 57.8 Å². The summed E-state index contributed by atoms with van der Waals surface area (Å²) < 4.78 is 5.73. The summed E-state index contributed by atoms with van der Waals surface area (Å²) in [6.07, 6.45) is 15.9. The number of carboxylic acid groups (broad SMARTS) is 1. The zero-order chi connectivity index (χ0) is 26.4. The SMILES string of the molecule is C=C.CC(C)(CC=O)CC(=O)O.CC[C@@]1(COC)CCC[C@@]2(C)/C(C)=C/CC(C)CCCCC12. The van der Waals surface area contributed by atoms with Crippen molar-refractivity contribution >= 4 is 12.3 Å². The molecule has 0 bridgehead atoms. The van der Waals surface area contributed by atoms with Crippen LogP contribution in [0.4, 0.5) is 0 Å². The van der Waals surface area contributed by atoms with Gasteiger partial charge in [-0.05, 0) is 67.1 Å². The summed E-state index contributed by atoms with van der Waals surface area (Å²) in [6.45, 7) is 20.3. The van der Waals surface area contributed by atoms with Crippen LogP contribution in [-0.2, 0) is 14.3 Å². The van der Waals surface area contributed by atoms with Crippen molar-refractivity contribution in [1.29, 1.82) is 0 Å². The number of carbonyl (C=O) groups excluding carboxylic acids is 1. The van der Waals surface area contributed by atoms with E-state index >= 15 is 0 Å². The topological polar surface area (TPSA) is 63.6 Å². The number of carbonyl (C=O) groups is 2. The summed E-state index contributed by atoms with van der Waals surface area (Å²) in [5.74, 6) is 0.795. The Labute approximate surface area is 210 Å². The number of carboxylic acids is 1. The molecule has 2 rings (SSSR count). The molecule has 4 atom stereocenters. The largest absolute Gasteiger partial charge is 0.481 e. The highest BCUT2D eigenvalue weighted by atomic mass is 16.5. The van der Waals surface area contributed by atoms with Gasteiger partial charge in [0.05, 0.1) is 13.0 Å². The number of hydrogen-bond donors (Lipinski definition) is 1. The summed E-state index contributed by atoms with van der Waals surface area (Å²) in [7, 11) is 1.90. The summed E-state index contributed by atoms with van der Waals surface area (Å²) in [5, 5.41) is 8.36. The molecule has 4 heteroatoms. The Morgan fingerprint density at radius 3 is 2.38 bits per heavy atom. The van der Waals surface area contributed by atoms with Gasteiger partial charge in [0.1, 0.15) is 6.29 Å². The second kappa shape index (κ2) is 15.5. The predicted octanol–water partition coefficient (Wildman–Crippen LogP) is 8.26. The third-order valence-corrected chi connectivity index (χ3v) is 8.45. The van der Waals surface area contributed by atoms with Gasteiger partial charge in [0, 0.05) is 13.5 Å². The number of rotatable bonds is 7. The number of hydrogen-bond acceptors (Lipinski definition) is 3. The number of aldehydes is 1. The fourth-order valence-electron chi connectivity index (χ4n) is 6.19. The number of ether oxygens (including phenoxy) is 1. The lowest BCUT2D eigenvalue weighted by Gasteiger charge is -2.55. The first-order valence-corrected chi connectivity index (χ1v) is 13.3. The molecule has 2 unspecified atom stereocenters. The van der Waals surface area contributed by atoms with Gasteiger partial charge in [-0.2, -0.15) is 0 Å². The van der Waals surface area contributed by atoms with Crippen LogP contribution in [0.15, 0.2) is 24.8 Å². The Balaban J connectivity index is 0.000000767. The van der Waals surface area contributed by atoms with Crippen molar-refractivity contribution in [2.45, 2.75) is 112 Å². The van der Waals surface area contributed by atoms with Crippen molar-refractivity contribution in [2.24, 2.45) is 28.1 Å². The van der Waals surface area contributed by atoms with Crippen LogP contribution in [0.3, 0.4) is 0 Å². The van der Waals surface area contributed by atoms with Gasteiger partial charge in [-0.25, -0.2) is 0 Å². The normalized spacial score (nSPS) is 31.2. The summed E-state index contributed by atoms with van der Waals surface area (Å²) in [4.78, 5) is 20.2. The van der Waals surface area contributed by atoms with Gasteiger partial charge in [-0.1, -0.05) is 72.0 Å². The van der Waals surface area contributed by atoms with Gasteiger partial charge in [-0.3, -0.25) is 4.79 Å². The molecule has 34 heavy (non-hydrogen) atoms. The Morgan fingerprint density at radius 1 is 1.24 bits per heavy atom. The lowest BCUT2D eigenvalue weighted by molar-refractivity contribution is -0.139. The predicted molar refractivity (Wildman–Crippen MR) is 144 cm³/mol. The van der Waals surface area contributed by atoms with Gasteiger partial charge < -0.3 is 14.6 Å². The van der Waals surface area contributed by atoms with Crippen LogP contribution in [0.25, 0.3) is 0 Å². The van der Waals surface area contributed by atoms with Crippen LogP contribution in [0.5, 0.6) is 0 Å². The molecule has 0 aromatic rings. The maximum Gasteiger partial charge on any atom is 0.303 e. The first-order valence-electron chi connectivity index (χ1n) is 13.3. The smallest absolute Gasteiger partial charge is 0.303 e. The van der Waals surface area contributed by atoms with Crippen LogP contribution in [0, 0.1) is 28.1 Å². The first kappa shape index (κ1) is 32.6. The second-order valence-electron chi connectivity index (χ2n) is 11.6. The molecule has 0 heterocycles. The minimum Gasteiger partial charge on any atom is -0.481 e. The zero-order valence-electron chi connectivity index (χ0n) is 23.4. The Morgan fingerprint density at radius 2 is 1.85 bits per heavy atom. The van der Waals surface area contributed by atoms with E-state index in [4.69, 9.17) is 9.84 Å². The highest BCUT2D eigenvalue weighted by Gasteiger charge is 2.50. The highest BCUT2D eigenvalue weighted by molar-refractivity contribution is 5.68. The van der Waals surface area contributed by atoms with Crippen LogP contribution < -0.4 is 0 Å². The Bertz CT molecular complexity index is 634. The number of fused-ring (bicyclic) bond motifs is 1. The van der Waals surface area contributed by atoms with Gasteiger partial charge >= 0.3 is 5.97 Å². The molecule has 0 spiro atoms. The monoisotopic (exact) mass is 478 g/mol. The highest BCUT2D eigenvalue weighted by Crippen LogP contribution is 2.58. The second-order valence-corrected chi connectivity index (χ2v) is 11.6. The number of methoxy groups -OCH3 is 1. The van der Waals surface area contributed by atoms with Crippen LogP contribution in [-0.4, -0.2) is 31.1 Å². The summed E-state index contributed by atoms with van der Waals surface area (Å²) >= 11 is 0. The zero-order valence-corrected chi connectivity index (χ0v) is 23.4. The molecule has 0 aromatic carbocycles. The summed E-state index contributed by atoms with van der Waals surface area (Å²) in [6, 6.07) is 0. The number of allylic oxidation sites excluding steroid dienone is 2. The van der Waals surface area contributed by atoms with Gasteiger partial charge in [0.2, 0.25) is 0 Å². The lowest BCUT2D eigenvalue weighted by atomic mass is 9.51. The van der Waals surface area contributed by atoms with Crippen molar-refractivity contribution in [1.82, 2.24) is 0 Å². The Hall–Kier alpha value is -1.42. The third-order valence-electron chi connectivity index (χ3n) is 8.45. The quantitative estimate of drug-likeness (QED) is 0.295. The van der Waals surface area contributed by atoms with Crippen molar-refractivity contribution < 1.29 is 19.4 Å². The molecule has 1 N–H and O–H groups in total. The van der Waals surface area contributed by atoms with E-state index in [1.54, 1.807) is 19.4 Å². The molecule has 0 radical (unpaired) electrons. The van der Waals surface area contributed by atoms with Crippen molar-refractivity contribution in [2.75, 3.05) is 13.7 Å². The van der Waals surface area contributed by atoms with Crippen LogP contribution in [0.1, 0.15) is 112 Å². The van der Waals surface area contributed by atoms with Gasteiger partial charge in [0.25, 0.3) is 0 Å². The molecular weight excluding hydrogens is 424 g/mol. The maximum atomic E-state index is 10.2. The first-order chi connectivity index (χ1) is 16.0. The molecule has 0 amide bonds. The molecular formula is C30H54O4. The molecule has 2 aliphatic carbocycles. The standard InChI is InChI=1S/C21H38O.C7H12O3.C2H4/c1-6-21(16-22-5)15-9-14-20(4)18(3)13-12-17(2)10-7-8-11-19(20)21;1-7(2,3-4-8)5-6(9)10;1-2/h13,17,19H,6-12,14-16H2,1-5H3;4H,3,5H2,1-2H3,(H,9,10);1-2H2/b18-13+;;/t17?,19?,20-,21-;;/m0../s1. The minimum absolute atomic E-state index is 0.0474. The molecule has 2 aliphatic rings. The van der Waals surface area contributed by atoms with Crippen LogP contribution in [0.2, 0.25) is 0 Å². The summed E-state index contributed by atoms with van der Waals surface area (Å²) in [5.41, 5.74) is 2.07. The fourth-order valence-corrected chi connectivity index (χ4v) is 6.19. The molecule has 0 aliphatic heterocycles. The average molecular weight is 479 g/mol. The molecule has 1 saturated carbocycles.